The van der Waals surface area contributed by atoms with Crippen LogP contribution >= 0.6 is 0 Å². The third-order valence-electron chi connectivity index (χ3n) is 3.49. The molecule has 1 aromatic heterocycles. The first kappa shape index (κ1) is 12.6. The predicted octanol–water partition coefficient (Wildman–Crippen LogP) is 1.17. The van der Waals surface area contributed by atoms with Crippen molar-refractivity contribution < 1.29 is 19.2 Å². The summed E-state index contributed by atoms with van der Waals surface area (Å²) in [4.78, 5) is 24.8. The highest BCUT2D eigenvalue weighted by Crippen LogP contribution is 2.25. The molecule has 0 aromatic carbocycles. The molecule has 6 nitrogen and oxygen atoms in total. The maximum absolute atomic E-state index is 12.2. The number of aryl methyl sites for hydroxylation is 1. The van der Waals surface area contributed by atoms with Gasteiger partial charge in [0.05, 0.1) is 12.1 Å². The van der Waals surface area contributed by atoms with E-state index in [2.05, 4.69) is 5.16 Å². The average molecular weight is 252 g/mol. The summed E-state index contributed by atoms with van der Waals surface area (Å²) in [5.41, 5.74) is 0.455. The highest BCUT2D eigenvalue weighted by atomic mass is 16.5. The average Bonchev–Trinajstić information content (AvgIpc) is 2.74. The zero-order valence-corrected chi connectivity index (χ0v) is 10.4. The number of aromatic nitrogens is 1. The second kappa shape index (κ2) is 4.80. The van der Waals surface area contributed by atoms with Gasteiger partial charge in [-0.2, -0.15) is 0 Å². The van der Waals surface area contributed by atoms with E-state index in [9.17, 15) is 9.59 Å². The fraction of sp³-hybridized carbons (Fsp3) is 0.583. The maximum atomic E-state index is 12.2. The van der Waals surface area contributed by atoms with Crippen molar-refractivity contribution in [1.82, 2.24) is 10.1 Å². The third kappa shape index (κ3) is 2.23. The number of aliphatic carboxylic acids is 1. The fourth-order valence-electron chi connectivity index (χ4n) is 2.37. The number of carboxylic acid groups (broad SMARTS) is 1. The van der Waals surface area contributed by atoms with Crippen molar-refractivity contribution in [2.45, 2.75) is 20.3 Å². The van der Waals surface area contributed by atoms with Crippen molar-refractivity contribution in [2.24, 2.45) is 11.8 Å². The molecule has 0 radical (unpaired) electrons. The van der Waals surface area contributed by atoms with Crippen LogP contribution in [0.3, 0.4) is 0 Å². The first-order valence-corrected chi connectivity index (χ1v) is 5.94. The van der Waals surface area contributed by atoms with E-state index in [1.54, 1.807) is 11.8 Å². The lowest BCUT2D eigenvalue weighted by Crippen LogP contribution is -2.45. The molecule has 1 aliphatic rings. The van der Waals surface area contributed by atoms with Gasteiger partial charge < -0.3 is 14.5 Å². The van der Waals surface area contributed by atoms with Gasteiger partial charge in [0.15, 0.2) is 0 Å². The predicted molar refractivity (Wildman–Crippen MR) is 62.1 cm³/mol. The zero-order chi connectivity index (χ0) is 13.3. The molecule has 1 saturated heterocycles. The van der Waals surface area contributed by atoms with Gasteiger partial charge in [-0.25, -0.2) is 0 Å². The number of likely N-dealkylation sites (tertiary alicyclic amines) is 1. The minimum atomic E-state index is -0.782. The highest BCUT2D eigenvalue weighted by molar-refractivity contribution is 5.95. The molecule has 1 aliphatic heterocycles. The van der Waals surface area contributed by atoms with Gasteiger partial charge >= 0.3 is 5.97 Å². The summed E-state index contributed by atoms with van der Waals surface area (Å²) < 4.78 is 4.87. The van der Waals surface area contributed by atoms with Gasteiger partial charge in [0.1, 0.15) is 11.3 Å². The van der Waals surface area contributed by atoms with E-state index in [4.69, 9.17) is 9.63 Å². The minimum Gasteiger partial charge on any atom is -0.481 e. The lowest BCUT2D eigenvalue weighted by Gasteiger charge is -2.34. The molecule has 1 N–H and O–H groups in total. The van der Waals surface area contributed by atoms with Crippen LogP contribution in [0.5, 0.6) is 0 Å². The first-order valence-electron chi connectivity index (χ1n) is 5.94. The second-order valence-electron chi connectivity index (χ2n) is 4.76. The van der Waals surface area contributed by atoms with Gasteiger partial charge in [-0.05, 0) is 19.3 Å². The van der Waals surface area contributed by atoms with E-state index in [-0.39, 0.29) is 17.7 Å². The summed E-state index contributed by atoms with van der Waals surface area (Å²) in [6.45, 7) is 4.47. The molecular formula is C12H16N2O4. The second-order valence-corrected chi connectivity index (χ2v) is 4.76. The van der Waals surface area contributed by atoms with Crippen LogP contribution in [0.2, 0.25) is 0 Å². The molecule has 2 atom stereocenters. The Morgan fingerprint density at radius 2 is 2.28 bits per heavy atom. The third-order valence-corrected chi connectivity index (χ3v) is 3.49. The first-order chi connectivity index (χ1) is 8.50. The van der Waals surface area contributed by atoms with E-state index >= 15 is 0 Å². The van der Waals surface area contributed by atoms with Gasteiger partial charge in [0, 0.05) is 13.1 Å². The molecule has 0 bridgehead atoms. The van der Waals surface area contributed by atoms with Crippen molar-refractivity contribution in [3.8, 4) is 0 Å². The molecule has 2 rings (SSSR count). The Morgan fingerprint density at radius 3 is 2.78 bits per heavy atom. The van der Waals surface area contributed by atoms with Crippen molar-refractivity contribution in [1.29, 1.82) is 0 Å². The van der Waals surface area contributed by atoms with Crippen LogP contribution in [-0.2, 0) is 4.79 Å². The monoisotopic (exact) mass is 252 g/mol. The van der Waals surface area contributed by atoms with E-state index in [1.807, 2.05) is 6.92 Å². The SMILES string of the molecule is Cc1oncc1C(=O)N1CCC(C(=O)O)C(C)C1. The molecule has 1 fully saturated rings. The Hall–Kier alpha value is -1.85. The zero-order valence-electron chi connectivity index (χ0n) is 10.4. The number of rotatable bonds is 2. The standard InChI is InChI=1S/C12H16N2O4/c1-7-6-14(4-3-9(7)12(16)17)11(15)10-5-13-18-8(10)2/h5,7,9H,3-4,6H2,1-2H3,(H,16,17). The van der Waals surface area contributed by atoms with Crippen molar-refractivity contribution >= 4 is 11.9 Å². The summed E-state index contributed by atoms with van der Waals surface area (Å²) in [6.07, 6.45) is 1.90. The van der Waals surface area contributed by atoms with Crippen molar-refractivity contribution in [3.63, 3.8) is 0 Å². The van der Waals surface area contributed by atoms with Gasteiger partial charge in [0.25, 0.3) is 5.91 Å². The summed E-state index contributed by atoms with van der Waals surface area (Å²) in [5.74, 6) is -0.828. The Bertz CT molecular complexity index is 468. The molecule has 1 amide bonds. The lowest BCUT2D eigenvalue weighted by molar-refractivity contribution is -0.145. The molecule has 0 spiro atoms. The van der Waals surface area contributed by atoms with Gasteiger partial charge in [-0.1, -0.05) is 12.1 Å². The Kier molecular flexibility index (Phi) is 3.36. The van der Waals surface area contributed by atoms with E-state index in [0.29, 0.717) is 30.8 Å². The minimum absolute atomic E-state index is 0.0413. The summed E-state index contributed by atoms with van der Waals surface area (Å²) in [6, 6.07) is 0. The number of piperidine rings is 1. The van der Waals surface area contributed by atoms with Gasteiger partial charge in [-0.15, -0.1) is 0 Å². The fourth-order valence-corrected chi connectivity index (χ4v) is 2.37. The lowest BCUT2D eigenvalue weighted by atomic mass is 9.87. The van der Waals surface area contributed by atoms with E-state index in [1.165, 1.54) is 6.20 Å². The van der Waals surface area contributed by atoms with Crippen LogP contribution in [0.25, 0.3) is 0 Å². The van der Waals surface area contributed by atoms with E-state index in [0.717, 1.165) is 0 Å². The molecule has 98 valence electrons. The smallest absolute Gasteiger partial charge is 0.306 e. The van der Waals surface area contributed by atoms with Crippen LogP contribution in [0.15, 0.2) is 10.7 Å². The summed E-state index contributed by atoms with van der Waals surface area (Å²) in [7, 11) is 0. The van der Waals surface area contributed by atoms with Crippen LogP contribution in [0.4, 0.5) is 0 Å². The van der Waals surface area contributed by atoms with Gasteiger partial charge in [-0.3, -0.25) is 9.59 Å². The normalized spacial score (nSPS) is 24.0. The van der Waals surface area contributed by atoms with Crippen molar-refractivity contribution in [2.75, 3.05) is 13.1 Å². The number of carboxylic acids is 1. The summed E-state index contributed by atoms with van der Waals surface area (Å²) in [5, 5.41) is 12.6. The molecule has 18 heavy (non-hydrogen) atoms. The largest absolute Gasteiger partial charge is 0.481 e. The Balaban J connectivity index is 2.07. The van der Waals surface area contributed by atoms with Crippen LogP contribution < -0.4 is 0 Å². The number of hydrogen-bond acceptors (Lipinski definition) is 4. The molecule has 0 saturated carbocycles. The number of carbonyl (C=O) groups excluding carboxylic acids is 1. The molecule has 2 unspecified atom stereocenters. The summed E-state index contributed by atoms with van der Waals surface area (Å²) >= 11 is 0. The Morgan fingerprint density at radius 1 is 1.56 bits per heavy atom. The molecule has 2 heterocycles. The number of carbonyl (C=O) groups is 2. The quantitative estimate of drug-likeness (QED) is 0.854. The molecule has 1 aromatic rings. The van der Waals surface area contributed by atoms with Crippen LogP contribution in [0, 0.1) is 18.8 Å². The van der Waals surface area contributed by atoms with Gasteiger partial charge in [0.2, 0.25) is 0 Å². The van der Waals surface area contributed by atoms with E-state index < -0.39 is 5.97 Å². The number of amides is 1. The molecule has 0 aliphatic carbocycles. The topological polar surface area (TPSA) is 83.6 Å². The highest BCUT2D eigenvalue weighted by Gasteiger charge is 2.34. The number of hydrogen-bond donors (Lipinski definition) is 1. The van der Waals surface area contributed by atoms with Crippen molar-refractivity contribution in [3.05, 3.63) is 17.5 Å². The van der Waals surface area contributed by atoms with Crippen LogP contribution in [0.1, 0.15) is 29.5 Å². The molecular weight excluding hydrogens is 236 g/mol. The van der Waals surface area contributed by atoms with Crippen LogP contribution in [-0.4, -0.2) is 40.1 Å². The number of nitrogens with zero attached hydrogens (tertiary/aromatic N) is 2. The molecule has 6 heteroatoms. The Labute approximate surface area is 105 Å². The maximum Gasteiger partial charge on any atom is 0.306 e.